The Hall–Kier alpha value is -4.27. The van der Waals surface area contributed by atoms with Crippen LogP contribution in [0.25, 0.3) is 0 Å². The number of nitrogens with two attached hydrogens (primary N) is 1. The van der Waals surface area contributed by atoms with E-state index >= 15 is 0 Å². The highest BCUT2D eigenvalue weighted by molar-refractivity contribution is 6.04. The minimum Gasteiger partial charge on any atom is -0.375 e. The molecule has 0 aliphatic heterocycles. The maximum absolute atomic E-state index is 12.2. The number of pyridine rings is 1. The second-order valence-corrected chi connectivity index (χ2v) is 6.10. The maximum Gasteiger partial charge on any atom is 0.293 e. The number of carbonyl (C=O) groups is 2. The molecule has 2 aromatic carbocycles. The van der Waals surface area contributed by atoms with E-state index in [2.05, 4.69) is 15.6 Å². The Kier molecular flexibility index (Phi) is 5.79. The number of primary amides is 1. The number of anilines is 2. The first kappa shape index (κ1) is 19.5. The maximum atomic E-state index is 12.2. The topological polar surface area (TPSA) is 140 Å². The van der Waals surface area contributed by atoms with Gasteiger partial charge in [0.25, 0.3) is 11.6 Å². The molecule has 0 saturated carbocycles. The molecule has 0 bridgehead atoms. The molecule has 29 heavy (non-hydrogen) atoms. The molecule has 0 radical (unpaired) electrons. The lowest BCUT2D eigenvalue weighted by Crippen LogP contribution is -2.12. The van der Waals surface area contributed by atoms with Gasteiger partial charge in [-0.25, -0.2) is 0 Å². The van der Waals surface area contributed by atoms with Crippen LogP contribution < -0.4 is 16.4 Å². The lowest BCUT2D eigenvalue weighted by molar-refractivity contribution is -0.384. The van der Waals surface area contributed by atoms with Crippen LogP contribution in [0.2, 0.25) is 0 Å². The molecule has 9 heteroatoms. The van der Waals surface area contributed by atoms with E-state index in [9.17, 15) is 19.7 Å². The third kappa shape index (κ3) is 4.92. The number of amides is 2. The predicted molar refractivity (Wildman–Crippen MR) is 108 cm³/mol. The number of hydrogen-bond acceptors (Lipinski definition) is 6. The van der Waals surface area contributed by atoms with Gasteiger partial charge in [0, 0.05) is 41.8 Å². The van der Waals surface area contributed by atoms with Crippen LogP contribution in [0.15, 0.2) is 67.0 Å². The summed E-state index contributed by atoms with van der Waals surface area (Å²) in [5, 5.41) is 17.0. The predicted octanol–water partition coefficient (Wildman–Crippen LogP) is 2.95. The number of nitrogens with zero attached hydrogens (tertiary/aromatic N) is 2. The largest absolute Gasteiger partial charge is 0.375 e. The first-order valence-corrected chi connectivity index (χ1v) is 8.56. The van der Waals surface area contributed by atoms with Crippen molar-refractivity contribution in [2.75, 3.05) is 10.6 Å². The molecule has 0 atom stereocenters. The number of nitro groups is 1. The molecule has 3 aromatic rings. The summed E-state index contributed by atoms with van der Waals surface area (Å²) >= 11 is 0. The Bertz CT molecular complexity index is 1070. The summed E-state index contributed by atoms with van der Waals surface area (Å²) in [7, 11) is 0. The quantitative estimate of drug-likeness (QED) is 0.418. The van der Waals surface area contributed by atoms with Crippen molar-refractivity contribution in [3.8, 4) is 0 Å². The monoisotopic (exact) mass is 391 g/mol. The van der Waals surface area contributed by atoms with Crippen molar-refractivity contribution in [1.82, 2.24) is 4.98 Å². The molecule has 0 aliphatic carbocycles. The van der Waals surface area contributed by atoms with E-state index in [1.54, 1.807) is 30.3 Å². The Morgan fingerprint density at radius 2 is 1.79 bits per heavy atom. The zero-order valence-electron chi connectivity index (χ0n) is 15.2. The third-order valence-electron chi connectivity index (χ3n) is 4.09. The molecule has 4 N–H and O–H groups in total. The molecule has 9 nitrogen and oxygen atoms in total. The minimum atomic E-state index is -0.739. The Balaban J connectivity index is 1.72. The summed E-state index contributed by atoms with van der Waals surface area (Å²) in [6.07, 6.45) is 3.07. The van der Waals surface area contributed by atoms with Crippen LogP contribution in [0.5, 0.6) is 0 Å². The summed E-state index contributed by atoms with van der Waals surface area (Å²) in [5.41, 5.74) is 7.11. The third-order valence-corrected chi connectivity index (χ3v) is 4.09. The minimum absolute atomic E-state index is 0.0584. The van der Waals surface area contributed by atoms with Crippen molar-refractivity contribution >= 4 is 28.9 Å². The average Bonchev–Trinajstić information content (AvgIpc) is 2.73. The molecular weight excluding hydrogens is 374 g/mol. The molecule has 0 unspecified atom stereocenters. The Morgan fingerprint density at radius 1 is 1.03 bits per heavy atom. The van der Waals surface area contributed by atoms with E-state index < -0.39 is 10.8 Å². The van der Waals surface area contributed by atoms with Crippen LogP contribution >= 0.6 is 0 Å². The van der Waals surface area contributed by atoms with Gasteiger partial charge in [-0.1, -0.05) is 12.1 Å². The van der Waals surface area contributed by atoms with Crippen molar-refractivity contribution < 1.29 is 14.5 Å². The van der Waals surface area contributed by atoms with Crippen molar-refractivity contribution in [3.05, 3.63) is 93.8 Å². The molecular formula is C20H17N5O4. The molecule has 1 heterocycles. The Morgan fingerprint density at radius 3 is 2.48 bits per heavy atom. The summed E-state index contributed by atoms with van der Waals surface area (Å²) in [4.78, 5) is 38.1. The fraction of sp³-hybridized carbons (Fsp3) is 0.0500. The fourth-order valence-electron chi connectivity index (χ4n) is 2.65. The van der Waals surface area contributed by atoms with Gasteiger partial charge in [0.1, 0.15) is 5.69 Å². The van der Waals surface area contributed by atoms with E-state index in [0.717, 1.165) is 11.6 Å². The SMILES string of the molecule is NC(=O)c1ccc(NCc2cccc(NC(=O)c3ccncc3)c2)c([N+](=O)[O-])c1. The second kappa shape index (κ2) is 8.61. The van der Waals surface area contributed by atoms with Crippen molar-refractivity contribution in [2.24, 2.45) is 5.73 Å². The van der Waals surface area contributed by atoms with E-state index in [4.69, 9.17) is 5.73 Å². The highest BCUT2D eigenvalue weighted by atomic mass is 16.6. The van der Waals surface area contributed by atoms with Crippen molar-refractivity contribution in [3.63, 3.8) is 0 Å². The van der Waals surface area contributed by atoms with Crippen LogP contribution in [0.3, 0.4) is 0 Å². The number of hydrogen-bond donors (Lipinski definition) is 3. The average molecular weight is 391 g/mol. The molecule has 0 aliphatic rings. The van der Waals surface area contributed by atoms with Crippen LogP contribution in [0.1, 0.15) is 26.3 Å². The van der Waals surface area contributed by atoms with Crippen LogP contribution in [-0.2, 0) is 6.54 Å². The molecule has 0 spiro atoms. The summed E-state index contributed by atoms with van der Waals surface area (Å²) in [6.45, 7) is 0.274. The normalized spacial score (nSPS) is 10.2. The smallest absolute Gasteiger partial charge is 0.293 e. The second-order valence-electron chi connectivity index (χ2n) is 6.10. The lowest BCUT2D eigenvalue weighted by Gasteiger charge is -2.10. The zero-order chi connectivity index (χ0) is 20.8. The highest BCUT2D eigenvalue weighted by Crippen LogP contribution is 2.26. The highest BCUT2D eigenvalue weighted by Gasteiger charge is 2.16. The zero-order valence-corrected chi connectivity index (χ0v) is 15.2. The summed E-state index contributed by atoms with van der Waals surface area (Å²) in [6, 6.07) is 14.3. The number of carbonyl (C=O) groups excluding carboxylic acids is 2. The van der Waals surface area contributed by atoms with E-state index in [-0.39, 0.29) is 29.4 Å². The number of aromatic nitrogens is 1. The molecule has 146 valence electrons. The lowest BCUT2D eigenvalue weighted by atomic mass is 10.1. The summed E-state index contributed by atoms with van der Waals surface area (Å²) in [5.74, 6) is -1.01. The van der Waals surface area contributed by atoms with Gasteiger partial charge in [0.05, 0.1) is 4.92 Å². The van der Waals surface area contributed by atoms with Gasteiger partial charge in [-0.15, -0.1) is 0 Å². The van der Waals surface area contributed by atoms with Gasteiger partial charge in [0.2, 0.25) is 5.91 Å². The van der Waals surface area contributed by atoms with E-state index in [1.165, 1.54) is 24.5 Å². The fourth-order valence-corrected chi connectivity index (χ4v) is 2.65. The van der Waals surface area contributed by atoms with Crippen LogP contribution in [0.4, 0.5) is 17.1 Å². The van der Waals surface area contributed by atoms with Crippen molar-refractivity contribution in [1.29, 1.82) is 0 Å². The molecule has 0 saturated heterocycles. The number of rotatable bonds is 7. The van der Waals surface area contributed by atoms with Crippen LogP contribution in [0, 0.1) is 10.1 Å². The first-order valence-electron chi connectivity index (χ1n) is 8.56. The van der Waals surface area contributed by atoms with Gasteiger partial charge < -0.3 is 16.4 Å². The molecule has 2 amide bonds. The Labute approximate surface area is 165 Å². The number of benzene rings is 2. The number of nitrogens with one attached hydrogen (secondary N) is 2. The molecule has 3 rings (SSSR count). The number of nitro benzene ring substituents is 1. The van der Waals surface area contributed by atoms with Gasteiger partial charge in [-0.3, -0.25) is 24.7 Å². The van der Waals surface area contributed by atoms with E-state index in [1.807, 2.05) is 6.07 Å². The van der Waals surface area contributed by atoms with Gasteiger partial charge in [-0.05, 0) is 42.0 Å². The van der Waals surface area contributed by atoms with Gasteiger partial charge in [-0.2, -0.15) is 0 Å². The van der Waals surface area contributed by atoms with Crippen molar-refractivity contribution in [2.45, 2.75) is 6.54 Å². The van der Waals surface area contributed by atoms with Crippen LogP contribution in [-0.4, -0.2) is 21.7 Å². The standard InChI is InChI=1S/C20H17N5O4/c21-19(26)15-4-5-17(18(11-15)25(28)29)23-12-13-2-1-3-16(10-13)24-20(27)14-6-8-22-9-7-14/h1-11,23H,12H2,(H2,21,26)(H,24,27). The first-order chi connectivity index (χ1) is 13.9. The molecule has 0 fully saturated rings. The van der Waals surface area contributed by atoms with Gasteiger partial charge in [0.15, 0.2) is 0 Å². The molecule has 1 aromatic heterocycles. The summed E-state index contributed by atoms with van der Waals surface area (Å²) < 4.78 is 0. The van der Waals surface area contributed by atoms with E-state index in [0.29, 0.717) is 11.3 Å². The van der Waals surface area contributed by atoms with Gasteiger partial charge >= 0.3 is 0 Å².